The van der Waals surface area contributed by atoms with Crippen LogP contribution in [-0.4, -0.2) is 64.7 Å². The Balaban J connectivity index is 2.10. The average Bonchev–Trinajstić information content (AvgIpc) is 2.96. The maximum absolute atomic E-state index is 14.2. The van der Waals surface area contributed by atoms with Gasteiger partial charge in [-0.1, -0.05) is 61.0 Å². The van der Waals surface area contributed by atoms with Crippen molar-refractivity contribution < 1.29 is 27.5 Å². The summed E-state index contributed by atoms with van der Waals surface area (Å²) in [5.41, 5.74) is 1.68. The number of carbonyl (C=O) groups excluding carboxylic acids is 2. The number of methoxy groups -OCH3 is 2. The van der Waals surface area contributed by atoms with Crippen molar-refractivity contribution in [3.05, 3.63) is 88.9 Å². The number of nitrogens with zero attached hydrogens (tertiary/aromatic N) is 2. The van der Waals surface area contributed by atoms with Crippen LogP contribution in [-0.2, 0) is 32.6 Å². The summed E-state index contributed by atoms with van der Waals surface area (Å²) in [4.78, 5) is 29.1. The second kappa shape index (κ2) is 14.7. The smallest absolute Gasteiger partial charge is 0.244 e. The summed E-state index contributed by atoms with van der Waals surface area (Å²) >= 11 is 6.24. The SMILES string of the molecule is CCCNC(=O)C(Cc1ccccc1)N(Cc1cccc(Cl)c1)C(=O)CN(c1cc(OC)ccc1OC)S(C)(=O)=O. The second-order valence-corrected chi connectivity index (χ2v) is 11.8. The lowest BCUT2D eigenvalue weighted by Crippen LogP contribution is -2.53. The topological polar surface area (TPSA) is 105 Å². The van der Waals surface area contributed by atoms with E-state index in [1.54, 1.807) is 36.4 Å². The lowest BCUT2D eigenvalue weighted by atomic mass is 10.0. The first-order valence-electron chi connectivity index (χ1n) is 13.1. The zero-order valence-corrected chi connectivity index (χ0v) is 25.2. The van der Waals surface area contributed by atoms with Gasteiger partial charge in [0.15, 0.2) is 0 Å². The molecule has 2 amide bonds. The van der Waals surface area contributed by atoms with Crippen LogP contribution in [0.25, 0.3) is 0 Å². The molecule has 0 radical (unpaired) electrons. The Bertz CT molecular complexity index is 1440. The summed E-state index contributed by atoms with van der Waals surface area (Å²) in [5, 5.41) is 3.38. The second-order valence-electron chi connectivity index (χ2n) is 9.46. The van der Waals surface area contributed by atoms with Gasteiger partial charge in [0.05, 0.1) is 26.2 Å². The molecule has 0 bridgehead atoms. The molecule has 0 saturated heterocycles. The van der Waals surface area contributed by atoms with Crippen LogP contribution in [0.4, 0.5) is 5.69 Å². The van der Waals surface area contributed by atoms with Gasteiger partial charge in [-0.3, -0.25) is 13.9 Å². The molecule has 0 heterocycles. The fourth-order valence-corrected chi connectivity index (χ4v) is 5.40. The molecule has 3 rings (SSSR count). The van der Waals surface area contributed by atoms with Crippen molar-refractivity contribution in [3.8, 4) is 11.5 Å². The number of nitrogens with one attached hydrogen (secondary N) is 1. The number of sulfonamides is 1. The maximum atomic E-state index is 14.2. The van der Waals surface area contributed by atoms with Crippen LogP contribution in [0.5, 0.6) is 11.5 Å². The van der Waals surface area contributed by atoms with Crippen LogP contribution in [0.2, 0.25) is 5.02 Å². The minimum Gasteiger partial charge on any atom is -0.497 e. The van der Waals surface area contributed by atoms with Gasteiger partial charge in [0.1, 0.15) is 24.1 Å². The number of carbonyl (C=O) groups is 2. The van der Waals surface area contributed by atoms with Crippen molar-refractivity contribution in [2.24, 2.45) is 0 Å². The molecule has 1 unspecified atom stereocenters. The molecule has 0 aliphatic rings. The Kier molecular flexibility index (Phi) is 11.4. The first kappa shape index (κ1) is 31.8. The number of rotatable bonds is 14. The molecule has 11 heteroatoms. The first-order chi connectivity index (χ1) is 19.6. The van der Waals surface area contributed by atoms with Gasteiger partial charge in [-0.05, 0) is 41.8 Å². The molecule has 0 aliphatic carbocycles. The lowest BCUT2D eigenvalue weighted by Gasteiger charge is -2.33. The molecule has 3 aromatic rings. The van der Waals surface area contributed by atoms with Crippen molar-refractivity contribution in [1.82, 2.24) is 10.2 Å². The van der Waals surface area contributed by atoms with Gasteiger partial charge < -0.3 is 19.7 Å². The van der Waals surface area contributed by atoms with Crippen LogP contribution in [0.15, 0.2) is 72.8 Å². The number of halogens is 1. The van der Waals surface area contributed by atoms with Gasteiger partial charge in [0.25, 0.3) is 0 Å². The van der Waals surface area contributed by atoms with E-state index in [1.165, 1.54) is 25.2 Å². The highest BCUT2D eigenvalue weighted by Crippen LogP contribution is 2.34. The molecule has 0 saturated carbocycles. The van der Waals surface area contributed by atoms with Crippen molar-refractivity contribution in [2.45, 2.75) is 32.4 Å². The summed E-state index contributed by atoms with van der Waals surface area (Å²) in [6.45, 7) is 1.82. The predicted octanol–water partition coefficient (Wildman–Crippen LogP) is 4.29. The molecule has 0 aromatic heterocycles. The molecule has 41 heavy (non-hydrogen) atoms. The molecule has 0 spiro atoms. The normalized spacial score (nSPS) is 11.8. The monoisotopic (exact) mass is 601 g/mol. The summed E-state index contributed by atoms with van der Waals surface area (Å²) in [6, 6.07) is 20.1. The maximum Gasteiger partial charge on any atom is 0.244 e. The number of hydrogen-bond donors (Lipinski definition) is 1. The van der Waals surface area contributed by atoms with Gasteiger partial charge in [-0.15, -0.1) is 0 Å². The molecule has 0 aliphatic heterocycles. The van der Waals surface area contributed by atoms with E-state index in [1.807, 2.05) is 37.3 Å². The Labute approximate surface area is 247 Å². The van der Waals surface area contributed by atoms with Crippen molar-refractivity contribution >= 4 is 39.1 Å². The van der Waals surface area contributed by atoms with Crippen LogP contribution < -0.4 is 19.1 Å². The van der Waals surface area contributed by atoms with Gasteiger partial charge >= 0.3 is 0 Å². The molecular weight excluding hydrogens is 566 g/mol. The summed E-state index contributed by atoms with van der Waals surface area (Å²) in [5.74, 6) is -0.283. The number of benzene rings is 3. The summed E-state index contributed by atoms with van der Waals surface area (Å²) in [6.07, 6.45) is 1.95. The lowest BCUT2D eigenvalue weighted by molar-refractivity contribution is -0.140. The highest BCUT2D eigenvalue weighted by atomic mass is 35.5. The Morgan fingerprint density at radius 1 is 0.951 bits per heavy atom. The van der Waals surface area contributed by atoms with Crippen molar-refractivity contribution in [1.29, 1.82) is 0 Å². The zero-order chi connectivity index (χ0) is 30.0. The van der Waals surface area contributed by atoms with E-state index in [2.05, 4.69) is 5.32 Å². The fraction of sp³-hybridized carbons (Fsp3) is 0.333. The van der Waals surface area contributed by atoms with Crippen LogP contribution in [0, 0.1) is 0 Å². The largest absolute Gasteiger partial charge is 0.497 e. The van der Waals surface area contributed by atoms with E-state index in [0.717, 1.165) is 16.1 Å². The van der Waals surface area contributed by atoms with Crippen molar-refractivity contribution in [2.75, 3.05) is 37.9 Å². The van der Waals surface area contributed by atoms with Crippen LogP contribution in [0.1, 0.15) is 24.5 Å². The van der Waals surface area contributed by atoms with E-state index in [0.29, 0.717) is 29.3 Å². The molecule has 1 atom stereocenters. The third kappa shape index (κ3) is 8.86. The number of amides is 2. The van der Waals surface area contributed by atoms with Gasteiger partial charge in [-0.25, -0.2) is 8.42 Å². The summed E-state index contributed by atoms with van der Waals surface area (Å²) < 4.78 is 37.8. The Morgan fingerprint density at radius 2 is 1.66 bits per heavy atom. The molecule has 3 aromatic carbocycles. The van der Waals surface area contributed by atoms with Crippen LogP contribution in [0.3, 0.4) is 0 Å². The third-order valence-corrected chi connectivity index (χ3v) is 7.76. The number of hydrogen-bond acceptors (Lipinski definition) is 6. The van der Waals surface area contributed by atoms with Crippen LogP contribution >= 0.6 is 11.6 Å². The summed E-state index contributed by atoms with van der Waals surface area (Å²) in [7, 11) is -1.11. The molecule has 1 N–H and O–H groups in total. The standard InChI is InChI=1S/C30H36ClN3O6S/c1-5-16-32-30(36)27(18-22-10-7-6-8-11-22)33(20-23-12-9-13-24(31)17-23)29(35)21-34(41(4,37)38)26-19-25(39-2)14-15-28(26)40-3/h6-15,17,19,27H,5,16,18,20-21H2,1-4H3,(H,32,36). The third-order valence-electron chi connectivity index (χ3n) is 6.40. The van der Waals surface area contributed by atoms with E-state index in [-0.39, 0.29) is 30.3 Å². The quantitative estimate of drug-likeness (QED) is 0.296. The van der Waals surface area contributed by atoms with Crippen molar-refractivity contribution in [3.63, 3.8) is 0 Å². The minimum atomic E-state index is -3.97. The predicted molar refractivity (Wildman–Crippen MR) is 161 cm³/mol. The van der Waals surface area contributed by atoms with Gasteiger partial charge in [0, 0.05) is 30.6 Å². The fourth-order valence-electron chi connectivity index (χ4n) is 4.34. The highest BCUT2D eigenvalue weighted by Gasteiger charge is 2.33. The number of anilines is 1. The molecule has 0 fully saturated rings. The van der Waals surface area contributed by atoms with Gasteiger partial charge in [0.2, 0.25) is 21.8 Å². The molecule has 9 nitrogen and oxygen atoms in total. The first-order valence-corrected chi connectivity index (χ1v) is 15.3. The Morgan fingerprint density at radius 3 is 2.27 bits per heavy atom. The highest BCUT2D eigenvalue weighted by molar-refractivity contribution is 7.92. The Hall–Kier alpha value is -3.76. The average molecular weight is 602 g/mol. The van der Waals surface area contributed by atoms with E-state index in [9.17, 15) is 18.0 Å². The van der Waals surface area contributed by atoms with Gasteiger partial charge in [-0.2, -0.15) is 0 Å². The number of ether oxygens (including phenoxy) is 2. The van der Waals surface area contributed by atoms with E-state index in [4.69, 9.17) is 21.1 Å². The minimum absolute atomic E-state index is 0.0310. The zero-order valence-electron chi connectivity index (χ0n) is 23.7. The molecule has 220 valence electrons. The molecular formula is C30H36ClN3O6S. The van der Waals surface area contributed by atoms with E-state index >= 15 is 0 Å². The van der Waals surface area contributed by atoms with E-state index < -0.39 is 28.5 Å².